The van der Waals surface area contributed by atoms with E-state index in [2.05, 4.69) is 11.9 Å². The van der Waals surface area contributed by atoms with Gasteiger partial charge in [-0.15, -0.1) is 0 Å². The van der Waals surface area contributed by atoms with Crippen molar-refractivity contribution < 1.29 is 19.7 Å². The summed E-state index contributed by atoms with van der Waals surface area (Å²) in [6.07, 6.45) is 0. The van der Waals surface area contributed by atoms with Gasteiger partial charge in [-0.05, 0) is 19.1 Å². The van der Waals surface area contributed by atoms with Crippen molar-refractivity contribution in [2.24, 2.45) is 0 Å². The highest BCUT2D eigenvalue weighted by Crippen LogP contribution is 2.27. The second-order valence-electron chi connectivity index (χ2n) is 3.94. The van der Waals surface area contributed by atoms with E-state index >= 15 is 0 Å². The number of benzene rings is 1. The predicted molar refractivity (Wildman–Crippen MR) is 67.7 cm³/mol. The van der Waals surface area contributed by atoms with Gasteiger partial charge >= 0.3 is 0 Å². The first kappa shape index (κ1) is 14.1. The number of rotatable bonds is 6. The summed E-state index contributed by atoms with van der Waals surface area (Å²) >= 11 is 0. The molecule has 0 radical (unpaired) electrons. The summed E-state index contributed by atoms with van der Waals surface area (Å²) in [4.78, 5) is 11.7. The Hall–Kier alpha value is -2.01. The summed E-state index contributed by atoms with van der Waals surface area (Å²) in [6, 6.07) is 4.22. The minimum atomic E-state index is -0.456. The van der Waals surface area contributed by atoms with Gasteiger partial charge in [-0.1, -0.05) is 18.2 Å². The molecular formula is C13H17NO4. The quantitative estimate of drug-likeness (QED) is 0.406. The maximum atomic E-state index is 11.7. The third kappa shape index (κ3) is 4.10. The van der Waals surface area contributed by atoms with E-state index in [1.807, 2.05) is 6.92 Å². The maximum Gasteiger partial charge on any atom is 0.255 e. The number of amides is 1. The molecule has 0 aromatic heterocycles. The van der Waals surface area contributed by atoms with E-state index in [1.165, 1.54) is 18.2 Å². The zero-order valence-corrected chi connectivity index (χ0v) is 10.3. The molecule has 0 aliphatic heterocycles. The summed E-state index contributed by atoms with van der Waals surface area (Å²) in [5.74, 6) is -1.19. The van der Waals surface area contributed by atoms with Crippen molar-refractivity contribution in [1.82, 2.24) is 5.32 Å². The van der Waals surface area contributed by atoms with Crippen LogP contribution in [0, 0.1) is 0 Å². The lowest BCUT2D eigenvalue weighted by molar-refractivity contribution is 0.0923. The Morgan fingerprint density at radius 1 is 1.44 bits per heavy atom. The fraction of sp³-hybridized carbons (Fsp3) is 0.308. The van der Waals surface area contributed by atoms with Gasteiger partial charge in [-0.25, -0.2) is 0 Å². The van der Waals surface area contributed by atoms with Gasteiger partial charge in [0, 0.05) is 6.54 Å². The van der Waals surface area contributed by atoms with E-state index in [0.29, 0.717) is 19.8 Å². The predicted octanol–water partition coefficient (Wildman–Crippen LogP) is 1.42. The third-order valence-corrected chi connectivity index (χ3v) is 2.14. The molecule has 1 aromatic rings. The third-order valence-electron chi connectivity index (χ3n) is 2.14. The van der Waals surface area contributed by atoms with Gasteiger partial charge in [-0.2, -0.15) is 0 Å². The van der Waals surface area contributed by atoms with Crippen LogP contribution in [-0.4, -0.2) is 35.9 Å². The van der Waals surface area contributed by atoms with Gasteiger partial charge in [-0.3, -0.25) is 4.79 Å². The molecule has 0 aliphatic rings. The van der Waals surface area contributed by atoms with E-state index in [-0.39, 0.29) is 11.3 Å². The Morgan fingerprint density at radius 2 is 2.17 bits per heavy atom. The summed E-state index contributed by atoms with van der Waals surface area (Å²) in [6.45, 7) is 6.67. The highest BCUT2D eigenvalue weighted by atomic mass is 16.5. The average molecular weight is 251 g/mol. The van der Waals surface area contributed by atoms with Crippen molar-refractivity contribution in [1.29, 1.82) is 0 Å². The largest absolute Gasteiger partial charge is 0.504 e. The molecule has 0 saturated heterocycles. The van der Waals surface area contributed by atoms with E-state index in [0.717, 1.165) is 5.57 Å². The van der Waals surface area contributed by atoms with Crippen LogP contribution < -0.4 is 5.32 Å². The molecule has 0 heterocycles. The summed E-state index contributed by atoms with van der Waals surface area (Å²) in [5.41, 5.74) is 0.946. The Morgan fingerprint density at radius 3 is 2.83 bits per heavy atom. The van der Waals surface area contributed by atoms with Gasteiger partial charge in [0.1, 0.15) is 0 Å². The molecule has 5 heteroatoms. The molecule has 98 valence electrons. The summed E-state index contributed by atoms with van der Waals surface area (Å²) < 4.78 is 5.21. The SMILES string of the molecule is C=C(C)COCCNC(=O)c1cccc(O)c1O. The second-order valence-corrected chi connectivity index (χ2v) is 3.94. The average Bonchev–Trinajstić information content (AvgIpc) is 2.31. The zero-order valence-electron chi connectivity index (χ0n) is 10.3. The second kappa shape index (κ2) is 6.66. The van der Waals surface area contributed by atoms with Crippen molar-refractivity contribution in [2.75, 3.05) is 19.8 Å². The molecule has 1 rings (SSSR count). The van der Waals surface area contributed by atoms with E-state index in [4.69, 9.17) is 4.74 Å². The van der Waals surface area contributed by atoms with Crippen LogP contribution in [0.4, 0.5) is 0 Å². The first-order valence-corrected chi connectivity index (χ1v) is 5.53. The van der Waals surface area contributed by atoms with Gasteiger partial charge in [0.15, 0.2) is 11.5 Å². The highest BCUT2D eigenvalue weighted by molar-refractivity contribution is 5.97. The van der Waals surface area contributed by atoms with Gasteiger partial charge < -0.3 is 20.3 Å². The lowest BCUT2D eigenvalue weighted by atomic mass is 10.1. The van der Waals surface area contributed by atoms with Crippen LogP contribution in [0.3, 0.4) is 0 Å². The van der Waals surface area contributed by atoms with Crippen LogP contribution in [0.25, 0.3) is 0 Å². The van der Waals surface area contributed by atoms with Crippen molar-refractivity contribution in [3.63, 3.8) is 0 Å². The molecule has 0 atom stereocenters. The molecule has 0 spiro atoms. The number of hydrogen-bond acceptors (Lipinski definition) is 4. The van der Waals surface area contributed by atoms with Crippen LogP contribution in [0.5, 0.6) is 11.5 Å². The number of phenols is 2. The fourth-order valence-electron chi connectivity index (χ4n) is 1.29. The molecule has 0 bridgehead atoms. The molecule has 0 aliphatic carbocycles. The number of carbonyl (C=O) groups excluding carboxylic acids is 1. The number of nitrogens with one attached hydrogen (secondary N) is 1. The Bertz CT molecular complexity index is 443. The molecule has 18 heavy (non-hydrogen) atoms. The van der Waals surface area contributed by atoms with Crippen molar-refractivity contribution in [2.45, 2.75) is 6.92 Å². The molecular weight excluding hydrogens is 234 g/mol. The Labute approximate surface area is 106 Å². The van der Waals surface area contributed by atoms with E-state index < -0.39 is 11.7 Å². The van der Waals surface area contributed by atoms with Crippen molar-refractivity contribution in [3.05, 3.63) is 35.9 Å². The summed E-state index contributed by atoms with van der Waals surface area (Å²) in [7, 11) is 0. The molecule has 1 aromatic carbocycles. The fourth-order valence-corrected chi connectivity index (χ4v) is 1.29. The Kier molecular flexibility index (Phi) is 5.20. The van der Waals surface area contributed by atoms with Crippen LogP contribution >= 0.6 is 0 Å². The summed E-state index contributed by atoms with van der Waals surface area (Å²) in [5, 5.41) is 21.3. The van der Waals surface area contributed by atoms with Crippen LogP contribution in [0.15, 0.2) is 30.4 Å². The molecule has 0 saturated carbocycles. The normalized spacial score (nSPS) is 10.1. The topological polar surface area (TPSA) is 78.8 Å². The minimum absolute atomic E-state index is 0.0369. The number of aromatic hydroxyl groups is 2. The minimum Gasteiger partial charge on any atom is -0.504 e. The molecule has 1 amide bonds. The first-order valence-electron chi connectivity index (χ1n) is 5.53. The van der Waals surface area contributed by atoms with Crippen LogP contribution in [0.1, 0.15) is 17.3 Å². The zero-order chi connectivity index (χ0) is 13.5. The van der Waals surface area contributed by atoms with Gasteiger partial charge in [0.05, 0.1) is 18.8 Å². The number of para-hydroxylation sites is 1. The standard InChI is InChI=1S/C13H17NO4/c1-9(2)8-18-7-6-14-13(17)10-4-3-5-11(15)12(10)16/h3-5,15-16H,1,6-8H2,2H3,(H,14,17). The molecule has 0 fully saturated rings. The lowest BCUT2D eigenvalue weighted by Gasteiger charge is -2.08. The number of hydrogen-bond donors (Lipinski definition) is 3. The van der Waals surface area contributed by atoms with Crippen molar-refractivity contribution in [3.8, 4) is 11.5 Å². The smallest absolute Gasteiger partial charge is 0.255 e. The first-order chi connectivity index (χ1) is 8.52. The monoisotopic (exact) mass is 251 g/mol. The van der Waals surface area contributed by atoms with Gasteiger partial charge in [0.2, 0.25) is 0 Å². The number of carbonyl (C=O) groups is 1. The van der Waals surface area contributed by atoms with Crippen LogP contribution in [0.2, 0.25) is 0 Å². The van der Waals surface area contributed by atoms with Crippen molar-refractivity contribution >= 4 is 5.91 Å². The van der Waals surface area contributed by atoms with Crippen LogP contribution in [-0.2, 0) is 4.74 Å². The number of phenolic OH excluding ortho intramolecular Hbond substituents is 2. The van der Waals surface area contributed by atoms with Gasteiger partial charge in [0.25, 0.3) is 5.91 Å². The van der Waals surface area contributed by atoms with E-state index in [9.17, 15) is 15.0 Å². The maximum absolute atomic E-state index is 11.7. The molecule has 0 unspecified atom stereocenters. The highest BCUT2D eigenvalue weighted by Gasteiger charge is 2.12. The Balaban J connectivity index is 2.41. The molecule has 3 N–H and O–H groups in total. The molecule has 5 nitrogen and oxygen atoms in total. The number of ether oxygens (including phenoxy) is 1. The lowest BCUT2D eigenvalue weighted by Crippen LogP contribution is -2.27. The van der Waals surface area contributed by atoms with E-state index in [1.54, 1.807) is 0 Å².